The maximum absolute atomic E-state index is 12.0. The zero-order chi connectivity index (χ0) is 18.2. The number of carbonyl (C=O) groups is 2. The van der Waals surface area contributed by atoms with Crippen LogP contribution in [0.5, 0.6) is 0 Å². The summed E-state index contributed by atoms with van der Waals surface area (Å²) in [4.78, 5) is 30.1. The molecule has 0 aliphatic carbocycles. The van der Waals surface area contributed by atoms with E-state index in [1.807, 2.05) is 19.1 Å². The van der Waals surface area contributed by atoms with E-state index in [-0.39, 0.29) is 11.8 Å². The highest BCUT2D eigenvalue weighted by atomic mass is 16.2. The summed E-state index contributed by atoms with van der Waals surface area (Å²) in [6, 6.07) is 8.07. The monoisotopic (exact) mass is 346 g/mol. The Morgan fingerprint density at radius 3 is 2.32 bits per heavy atom. The summed E-state index contributed by atoms with van der Waals surface area (Å²) in [7, 11) is 2.14. The Morgan fingerprint density at radius 2 is 1.76 bits per heavy atom. The van der Waals surface area contributed by atoms with Crippen LogP contribution in [0.2, 0.25) is 0 Å². The van der Waals surface area contributed by atoms with Gasteiger partial charge in [-0.2, -0.15) is 0 Å². The fraction of sp³-hybridized carbons (Fsp3) is 0.579. The molecule has 1 aromatic rings. The van der Waals surface area contributed by atoms with Gasteiger partial charge < -0.3 is 20.0 Å². The third kappa shape index (κ3) is 5.74. The van der Waals surface area contributed by atoms with Gasteiger partial charge in [0.2, 0.25) is 11.8 Å². The number of nitrogens with zero attached hydrogens (tertiary/aromatic N) is 3. The van der Waals surface area contributed by atoms with E-state index < -0.39 is 0 Å². The maximum atomic E-state index is 12.0. The van der Waals surface area contributed by atoms with Crippen LogP contribution in [0.15, 0.2) is 24.3 Å². The third-order valence-corrected chi connectivity index (χ3v) is 4.54. The van der Waals surface area contributed by atoms with E-state index in [2.05, 4.69) is 34.3 Å². The number of hydrogen-bond donors (Lipinski definition) is 1. The molecule has 1 aromatic carbocycles. The Hall–Kier alpha value is -2.08. The summed E-state index contributed by atoms with van der Waals surface area (Å²) >= 11 is 0. The Morgan fingerprint density at radius 1 is 1.12 bits per heavy atom. The van der Waals surface area contributed by atoms with Crippen LogP contribution in [0.4, 0.5) is 11.4 Å². The van der Waals surface area contributed by atoms with Crippen molar-refractivity contribution in [2.45, 2.75) is 26.7 Å². The van der Waals surface area contributed by atoms with E-state index >= 15 is 0 Å². The Labute approximate surface area is 150 Å². The van der Waals surface area contributed by atoms with E-state index in [1.165, 1.54) is 5.69 Å². The van der Waals surface area contributed by atoms with Crippen LogP contribution in [0.3, 0.4) is 0 Å². The number of amides is 2. The first-order valence-corrected chi connectivity index (χ1v) is 9.09. The summed E-state index contributed by atoms with van der Waals surface area (Å²) in [5, 5.41) is 2.85. The van der Waals surface area contributed by atoms with E-state index in [0.717, 1.165) is 38.3 Å². The molecule has 1 fully saturated rings. The Balaban J connectivity index is 1.96. The fourth-order valence-corrected chi connectivity index (χ4v) is 2.94. The van der Waals surface area contributed by atoms with Crippen LogP contribution in [0, 0.1) is 0 Å². The SMILES string of the molecule is CCCNC(=O)CCN(C(C)=O)c1ccc(N2CCN(C)CC2)cc1. The molecule has 1 aliphatic heterocycles. The number of likely N-dealkylation sites (N-methyl/N-ethyl adjacent to an activating group) is 1. The molecule has 1 aliphatic rings. The molecule has 0 aromatic heterocycles. The van der Waals surface area contributed by atoms with E-state index in [1.54, 1.807) is 11.8 Å². The number of anilines is 2. The molecule has 1 saturated heterocycles. The second kappa shape index (κ2) is 9.42. The predicted molar refractivity (Wildman–Crippen MR) is 102 cm³/mol. The Kier molecular flexibility index (Phi) is 7.25. The lowest BCUT2D eigenvalue weighted by Gasteiger charge is -2.34. The number of carbonyl (C=O) groups excluding carboxylic acids is 2. The molecule has 0 unspecified atom stereocenters. The minimum atomic E-state index is -0.0457. The molecule has 138 valence electrons. The normalized spacial score (nSPS) is 15.1. The van der Waals surface area contributed by atoms with Gasteiger partial charge in [0.1, 0.15) is 0 Å². The van der Waals surface area contributed by atoms with Crippen molar-refractivity contribution in [3.05, 3.63) is 24.3 Å². The zero-order valence-electron chi connectivity index (χ0n) is 15.6. The number of piperazine rings is 1. The number of rotatable bonds is 7. The van der Waals surface area contributed by atoms with Gasteiger partial charge in [-0.05, 0) is 37.7 Å². The summed E-state index contributed by atoms with van der Waals surface area (Å²) in [5.74, 6) is -0.0576. The first-order valence-electron chi connectivity index (χ1n) is 9.09. The van der Waals surface area contributed by atoms with Crippen LogP contribution < -0.4 is 15.1 Å². The zero-order valence-corrected chi connectivity index (χ0v) is 15.6. The van der Waals surface area contributed by atoms with Crippen molar-refractivity contribution in [2.24, 2.45) is 0 Å². The standard InChI is InChI=1S/C19H30N4O2/c1-4-10-20-19(25)9-11-23(16(2)24)18-7-5-17(6-8-18)22-14-12-21(3)13-15-22/h5-8H,4,9-15H2,1-3H3,(H,20,25). The molecule has 1 heterocycles. The second-order valence-electron chi connectivity index (χ2n) is 6.58. The highest BCUT2D eigenvalue weighted by Gasteiger charge is 2.16. The molecule has 0 spiro atoms. The first-order chi connectivity index (χ1) is 12.0. The van der Waals surface area contributed by atoms with Crippen molar-refractivity contribution in [3.8, 4) is 0 Å². The number of nitrogens with one attached hydrogen (secondary N) is 1. The lowest BCUT2D eigenvalue weighted by atomic mass is 10.2. The van der Waals surface area contributed by atoms with Crippen LogP contribution in [0.1, 0.15) is 26.7 Å². The average Bonchev–Trinajstić information content (AvgIpc) is 2.61. The molecule has 0 atom stereocenters. The number of benzene rings is 1. The van der Waals surface area contributed by atoms with Crippen molar-refractivity contribution in [3.63, 3.8) is 0 Å². The molecular weight excluding hydrogens is 316 g/mol. The maximum Gasteiger partial charge on any atom is 0.223 e. The van der Waals surface area contributed by atoms with E-state index in [9.17, 15) is 9.59 Å². The molecule has 2 rings (SSSR count). The molecule has 2 amide bonds. The predicted octanol–water partition coefficient (Wildman–Crippen LogP) is 1.71. The van der Waals surface area contributed by atoms with Crippen LogP contribution >= 0.6 is 0 Å². The van der Waals surface area contributed by atoms with Gasteiger partial charge in [-0.1, -0.05) is 6.92 Å². The summed E-state index contributed by atoms with van der Waals surface area (Å²) in [6.45, 7) is 8.80. The molecule has 0 bridgehead atoms. The van der Waals surface area contributed by atoms with Gasteiger partial charge in [0.15, 0.2) is 0 Å². The van der Waals surface area contributed by atoms with Crippen molar-refractivity contribution in [1.82, 2.24) is 10.2 Å². The molecule has 1 N–H and O–H groups in total. The van der Waals surface area contributed by atoms with Crippen molar-refractivity contribution in [1.29, 1.82) is 0 Å². The Bertz CT molecular complexity index is 565. The smallest absolute Gasteiger partial charge is 0.223 e. The molecule has 25 heavy (non-hydrogen) atoms. The van der Waals surface area contributed by atoms with Gasteiger partial charge >= 0.3 is 0 Å². The van der Waals surface area contributed by atoms with Crippen molar-refractivity contribution < 1.29 is 9.59 Å². The lowest BCUT2D eigenvalue weighted by molar-refractivity contribution is -0.121. The lowest BCUT2D eigenvalue weighted by Crippen LogP contribution is -2.44. The highest BCUT2D eigenvalue weighted by Crippen LogP contribution is 2.22. The first kappa shape index (κ1) is 19.2. The van der Waals surface area contributed by atoms with Gasteiger partial charge in [0.25, 0.3) is 0 Å². The average molecular weight is 346 g/mol. The quantitative estimate of drug-likeness (QED) is 0.817. The summed E-state index contributed by atoms with van der Waals surface area (Å²) in [6.07, 6.45) is 1.23. The molecule has 6 heteroatoms. The van der Waals surface area contributed by atoms with Gasteiger partial charge in [0, 0.05) is 64.0 Å². The van der Waals surface area contributed by atoms with E-state index in [0.29, 0.717) is 19.5 Å². The topological polar surface area (TPSA) is 55.9 Å². The fourth-order valence-electron chi connectivity index (χ4n) is 2.94. The van der Waals surface area contributed by atoms with Gasteiger partial charge in [0.05, 0.1) is 0 Å². The minimum Gasteiger partial charge on any atom is -0.369 e. The van der Waals surface area contributed by atoms with Crippen LogP contribution in [-0.2, 0) is 9.59 Å². The summed E-state index contributed by atoms with van der Waals surface area (Å²) in [5.41, 5.74) is 2.02. The number of hydrogen-bond acceptors (Lipinski definition) is 4. The third-order valence-electron chi connectivity index (χ3n) is 4.54. The molecular formula is C19H30N4O2. The summed E-state index contributed by atoms with van der Waals surface area (Å²) < 4.78 is 0. The van der Waals surface area contributed by atoms with Gasteiger partial charge in [-0.3, -0.25) is 9.59 Å². The largest absolute Gasteiger partial charge is 0.369 e. The van der Waals surface area contributed by atoms with Gasteiger partial charge in [-0.15, -0.1) is 0 Å². The van der Waals surface area contributed by atoms with Gasteiger partial charge in [-0.25, -0.2) is 0 Å². The van der Waals surface area contributed by atoms with E-state index in [4.69, 9.17) is 0 Å². The van der Waals surface area contributed by atoms with Crippen LogP contribution in [-0.4, -0.2) is 63.0 Å². The molecule has 0 radical (unpaired) electrons. The highest BCUT2D eigenvalue weighted by molar-refractivity contribution is 5.92. The molecule has 0 saturated carbocycles. The second-order valence-corrected chi connectivity index (χ2v) is 6.58. The van der Waals surface area contributed by atoms with Crippen LogP contribution in [0.25, 0.3) is 0 Å². The molecule has 6 nitrogen and oxygen atoms in total. The van der Waals surface area contributed by atoms with Crippen molar-refractivity contribution >= 4 is 23.2 Å². The minimum absolute atomic E-state index is 0.0119. The van der Waals surface area contributed by atoms with Crippen molar-refractivity contribution in [2.75, 3.05) is 56.1 Å².